The Labute approximate surface area is 117 Å². The number of nitrogens with one attached hydrogen (secondary N) is 1. The van der Waals surface area contributed by atoms with E-state index in [1.54, 1.807) is 0 Å². The number of carbonyl (C=O) groups is 1. The third-order valence-electron chi connectivity index (χ3n) is 1.90. The van der Waals surface area contributed by atoms with Gasteiger partial charge in [-0.2, -0.15) is 0 Å². The molecule has 1 rings (SSSR count). The molecule has 0 spiro atoms. The van der Waals surface area contributed by atoms with E-state index in [1.807, 2.05) is 24.3 Å². The van der Waals surface area contributed by atoms with Gasteiger partial charge in [0, 0.05) is 11.4 Å². The monoisotopic (exact) mass is 294 g/mol. The van der Waals surface area contributed by atoms with Crippen molar-refractivity contribution in [2.24, 2.45) is 5.73 Å². The highest BCUT2D eigenvalue weighted by atomic mass is 35.5. The lowest BCUT2D eigenvalue weighted by Gasteiger charge is -2.05. The molecule has 96 valence electrons. The summed E-state index contributed by atoms with van der Waals surface area (Å²) in [4.78, 5) is 12.3. The van der Waals surface area contributed by atoms with Crippen LogP contribution in [0, 0.1) is 0 Å². The minimum atomic E-state index is 0. The highest BCUT2D eigenvalue weighted by Crippen LogP contribution is 2.26. The van der Waals surface area contributed by atoms with Gasteiger partial charge in [-0.25, -0.2) is 0 Å². The van der Waals surface area contributed by atoms with Gasteiger partial charge in [-0.1, -0.05) is 23.7 Å². The number of carbonyl (C=O) groups excluding carboxylic acids is 1. The number of amides is 1. The summed E-state index contributed by atoms with van der Waals surface area (Å²) in [7, 11) is 0. The Hall–Kier alpha value is -0.420. The van der Waals surface area contributed by atoms with Crippen molar-refractivity contribution in [3.8, 4) is 0 Å². The molecule has 0 aromatic heterocycles. The molecule has 0 heterocycles. The third kappa shape index (κ3) is 6.78. The van der Waals surface area contributed by atoms with Gasteiger partial charge in [0.1, 0.15) is 0 Å². The highest BCUT2D eigenvalue weighted by molar-refractivity contribution is 8.00. The quantitative estimate of drug-likeness (QED) is 0.625. The van der Waals surface area contributed by atoms with Crippen LogP contribution in [0.15, 0.2) is 29.2 Å². The van der Waals surface area contributed by atoms with E-state index in [4.69, 9.17) is 17.3 Å². The summed E-state index contributed by atoms with van der Waals surface area (Å²) in [5, 5.41) is 3.47. The molecule has 0 aliphatic rings. The Morgan fingerprint density at radius 2 is 2.12 bits per heavy atom. The molecule has 0 atom stereocenters. The van der Waals surface area contributed by atoms with Crippen LogP contribution in [0.4, 0.5) is 0 Å². The number of thioether (sulfide) groups is 1. The standard InChI is InChI=1S/C11H15ClN2OS.ClH/c12-9-4-1-2-5-10(9)16-8-11(15)14-7-3-6-13;/h1-2,4-5H,3,6-8,13H2,(H,14,15);1H. The first-order chi connectivity index (χ1) is 7.74. The molecule has 0 radical (unpaired) electrons. The molecule has 1 amide bonds. The second-order valence-electron chi connectivity index (χ2n) is 3.21. The normalized spacial score (nSPS) is 9.53. The average Bonchev–Trinajstić information content (AvgIpc) is 2.28. The Morgan fingerprint density at radius 1 is 1.41 bits per heavy atom. The molecule has 3 N–H and O–H groups in total. The van der Waals surface area contributed by atoms with E-state index in [2.05, 4.69) is 5.32 Å². The van der Waals surface area contributed by atoms with Crippen LogP contribution in [0.2, 0.25) is 5.02 Å². The van der Waals surface area contributed by atoms with Gasteiger partial charge in [0.05, 0.1) is 10.8 Å². The first-order valence-electron chi connectivity index (χ1n) is 5.08. The first-order valence-corrected chi connectivity index (χ1v) is 6.44. The summed E-state index contributed by atoms with van der Waals surface area (Å²) in [5.74, 6) is 0.396. The minimum Gasteiger partial charge on any atom is -0.355 e. The van der Waals surface area contributed by atoms with E-state index in [0.29, 0.717) is 23.9 Å². The lowest BCUT2D eigenvalue weighted by Crippen LogP contribution is -2.27. The van der Waals surface area contributed by atoms with Crippen molar-refractivity contribution in [3.05, 3.63) is 29.3 Å². The second kappa shape index (κ2) is 9.59. The molecule has 0 saturated carbocycles. The van der Waals surface area contributed by atoms with E-state index >= 15 is 0 Å². The average molecular weight is 295 g/mol. The van der Waals surface area contributed by atoms with E-state index in [0.717, 1.165) is 11.3 Å². The zero-order chi connectivity index (χ0) is 11.8. The van der Waals surface area contributed by atoms with Crippen molar-refractivity contribution in [2.45, 2.75) is 11.3 Å². The van der Waals surface area contributed by atoms with Gasteiger partial charge in [-0.15, -0.1) is 24.2 Å². The molecule has 0 aliphatic carbocycles. The third-order valence-corrected chi connectivity index (χ3v) is 3.41. The van der Waals surface area contributed by atoms with Gasteiger partial charge in [0.25, 0.3) is 0 Å². The van der Waals surface area contributed by atoms with Crippen LogP contribution < -0.4 is 11.1 Å². The summed E-state index contributed by atoms with van der Waals surface area (Å²) in [6.07, 6.45) is 0.808. The van der Waals surface area contributed by atoms with Crippen molar-refractivity contribution >= 4 is 41.7 Å². The first kappa shape index (κ1) is 16.6. The molecule has 0 fully saturated rings. The molecule has 1 aromatic carbocycles. The fourth-order valence-corrected chi connectivity index (χ4v) is 2.15. The van der Waals surface area contributed by atoms with Crippen molar-refractivity contribution < 1.29 is 4.79 Å². The van der Waals surface area contributed by atoms with Gasteiger partial charge < -0.3 is 11.1 Å². The molecule has 0 unspecified atom stereocenters. The maximum atomic E-state index is 11.4. The van der Waals surface area contributed by atoms with Gasteiger partial charge in [-0.3, -0.25) is 4.79 Å². The fraction of sp³-hybridized carbons (Fsp3) is 0.364. The van der Waals surface area contributed by atoms with E-state index in [1.165, 1.54) is 11.8 Å². The van der Waals surface area contributed by atoms with Crippen LogP contribution in [-0.4, -0.2) is 24.7 Å². The van der Waals surface area contributed by atoms with Gasteiger partial charge in [0.15, 0.2) is 0 Å². The van der Waals surface area contributed by atoms with Gasteiger partial charge in [0.2, 0.25) is 5.91 Å². The molecule has 1 aromatic rings. The van der Waals surface area contributed by atoms with Crippen molar-refractivity contribution in [2.75, 3.05) is 18.8 Å². The van der Waals surface area contributed by atoms with Crippen LogP contribution in [0.3, 0.4) is 0 Å². The predicted molar refractivity (Wildman–Crippen MR) is 76.1 cm³/mol. The summed E-state index contributed by atoms with van der Waals surface area (Å²) >= 11 is 7.40. The summed E-state index contributed by atoms with van der Waals surface area (Å²) in [6, 6.07) is 7.49. The highest BCUT2D eigenvalue weighted by Gasteiger charge is 2.04. The van der Waals surface area contributed by atoms with Crippen LogP contribution in [0.5, 0.6) is 0 Å². The number of hydrogen-bond acceptors (Lipinski definition) is 3. The van der Waals surface area contributed by atoms with E-state index < -0.39 is 0 Å². The number of rotatable bonds is 6. The second-order valence-corrected chi connectivity index (χ2v) is 4.64. The van der Waals surface area contributed by atoms with Crippen LogP contribution in [0.1, 0.15) is 6.42 Å². The molecule has 0 saturated heterocycles. The SMILES string of the molecule is Cl.NCCCNC(=O)CSc1ccccc1Cl. The Kier molecular flexibility index (Phi) is 9.36. The summed E-state index contributed by atoms with van der Waals surface area (Å²) in [5.41, 5.74) is 5.33. The number of nitrogens with two attached hydrogens (primary N) is 1. The molecule has 3 nitrogen and oxygen atoms in total. The van der Waals surface area contributed by atoms with Gasteiger partial charge >= 0.3 is 0 Å². The Bertz CT molecular complexity index is 350. The summed E-state index contributed by atoms with van der Waals surface area (Å²) < 4.78 is 0. The lowest BCUT2D eigenvalue weighted by atomic mass is 10.4. The molecular weight excluding hydrogens is 279 g/mol. The van der Waals surface area contributed by atoms with Crippen molar-refractivity contribution in [1.82, 2.24) is 5.32 Å². The minimum absolute atomic E-state index is 0. The molecule has 0 aliphatic heterocycles. The smallest absolute Gasteiger partial charge is 0.230 e. The zero-order valence-corrected chi connectivity index (χ0v) is 11.7. The lowest BCUT2D eigenvalue weighted by molar-refractivity contribution is -0.118. The van der Waals surface area contributed by atoms with Gasteiger partial charge in [-0.05, 0) is 25.1 Å². The van der Waals surface area contributed by atoms with Crippen LogP contribution >= 0.6 is 35.8 Å². The topological polar surface area (TPSA) is 55.1 Å². The van der Waals surface area contributed by atoms with Crippen molar-refractivity contribution in [1.29, 1.82) is 0 Å². The molecule has 6 heteroatoms. The molecule has 17 heavy (non-hydrogen) atoms. The summed E-state index contributed by atoms with van der Waals surface area (Å²) in [6.45, 7) is 1.23. The predicted octanol–water partition coefficient (Wildman–Crippen LogP) is 2.32. The number of benzene rings is 1. The molecular formula is C11H16Cl2N2OS. The zero-order valence-electron chi connectivity index (χ0n) is 9.32. The van der Waals surface area contributed by atoms with Crippen LogP contribution in [-0.2, 0) is 4.79 Å². The fourth-order valence-electron chi connectivity index (χ4n) is 1.09. The maximum absolute atomic E-state index is 11.4. The Balaban J connectivity index is 0.00000256. The molecule has 0 bridgehead atoms. The number of hydrogen-bond donors (Lipinski definition) is 2. The maximum Gasteiger partial charge on any atom is 0.230 e. The van der Waals surface area contributed by atoms with E-state index in [-0.39, 0.29) is 18.3 Å². The van der Waals surface area contributed by atoms with Crippen molar-refractivity contribution in [3.63, 3.8) is 0 Å². The largest absolute Gasteiger partial charge is 0.355 e. The van der Waals surface area contributed by atoms with Crippen LogP contribution in [0.25, 0.3) is 0 Å². The Morgan fingerprint density at radius 3 is 2.76 bits per heavy atom. The van der Waals surface area contributed by atoms with E-state index in [9.17, 15) is 4.79 Å². The number of halogens is 2.